The third-order valence-electron chi connectivity index (χ3n) is 3.93. The van der Waals surface area contributed by atoms with Gasteiger partial charge in [-0.1, -0.05) is 31.3 Å². The van der Waals surface area contributed by atoms with Gasteiger partial charge < -0.3 is 0 Å². The molecular formula is C18H20N2O3S3. The van der Waals surface area contributed by atoms with Crippen LogP contribution in [-0.4, -0.2) is 32.1 Å². The van der Waals surface area contributed by atoms with Crippen molar-refractivity contribution in [2.24, 2.45) is 5.92 Å². The summed E-state index contributed by atoms with van der Waals surface area (Å²) in [4.78, 5) is 20.5. The molecule has 0 spiro atoms. The van der Waals surface area contributed by atoms with Crippen molar-refractivity contribution in [3.05, 3.63) is 40.6 Å². The lowest BCUT2D eigenvalue weighted by atomic mass is 10.2. The Balaban J connectivity index is 1.95. The Kier molecular flexibility index (Phi) is 5.45. The van der Waals surface area contributed by atoms with E-state index in [2.05, 4.69) is 11.1 Å². The van der Waals surface area contributed by atoms with Crippen LogP contribution in [0.3, 0.4) is 0 Å². The number of anilines is 1. The molecule has 0 saturated heterocycles. The Morgan fingerprint density at radius 1 is 1.27 bits per heavy atom. The number of rotatable bonds is 6. The van der Waals surface area contributed by atoms with Crippen LogP contribution in [-0.2, 0) is 21.1 Å². The Morgan fingerprint density at radius 2 is 2.04 bits per heavy atom. The number of hydrogen-bond acceptors (Lipinski definition) is 6. The molecule has 0 radical (unpaired) electrons. The standard InChI is InChI=1S/C18H20N2O3S3/c1-12(2)17(21)20(9-8-13-5-4-10-24-13)18-19-15-7-6-14(26(3,22)23)11-16(15)25-18/h4-7,10-12H,8-9H2,1-3H3. The Labute approximate surface area is 161 Å². The molecule has 3 rings (SSSR count). The summed E-state index contributed by atoms with van der Waals surface area (Å²) in [5.41, 5.74) is 0.704. The van der Waals surface area contributed by atoms with Crippen LogP contribution >= 0.6 is 22.7 Å². The van der Waals surface area contributed by atoms with Crippen molar-refractivity contribution in [2.75, 3.05) is 17.7 Å². The lowest BCUT2D eigenvalue weighted by Gasteiger charge is -2.21. The molecule has 2 heterocycles. The number of benzene rings is 1. The zero-order valence-electron chi connectivity index (χ0n) is 14.8. The number of fused-ring (bicyclic) bond motifs is 1. The second-order valence-corrected chi connectivity index (χ2v) is 10.4. The third kappa shape index (κ3) is 4.13. The topological polar surface area (TPSA) is 67.3 Å². The molecule has 0 saturated carbocycles. The highest BCUT2D eigenvalue weighted by Gasteiger charge is 2.22. The molecule has 26 heavy (non-hydrogen) atoms. The van der Waals surface area contributed by atoms with E-state index in [1.54, 1.807) is 34.4 Å². The van der Waals surface area contributed by atoms with Crippen LogP contribution in [0.5, 0.6) is 0 Å². The lowest BCUT2D eigenvalue weighted by Crippen LogP contribution is -2.35. The van der Waals surface area contributed by atoms with Gasteiger partial charge >= 0.3 is 0 Å². The summed E-state index contributed by atoms with van der Waals surface area (Å²) in [5, 5.41) is 2.63. The van der Waals surface area contributed by atoms with Gasteiger partial charge in [-0.25, -0.2) is 13.4 Å². The normalized spacial score (nSPS) is 12.0. The van der Waals surface area contributed by atoms with Crippen molar-refractivity contribution in [2.45, 2.75) is 25.2 Å². The molecule has 2 aromatic heterocycles. The fraction of sp³-hybridized carbons (Fsp3) is 0.333. The number of aromatic nitrogens is 1. The van der Waals surface area contributed by atoms with E-state index in [4.69, 9.17) is 0 Å². The Morgan fingerprint density at radius 3 is 2.65 bits per heavy atom. The number of hydrogen-bond donors (Lipinski definition) is 0. The molecule has 1 aromatic carbocycles. The molecular weight excluding hydrogens is 388 g/mol. The average Bonchev–Trinajstić information content (AvgIpc) is 3.22. The van der Waals surface area contributed by atoms with Gasteiger partial charge in [-0.2, -0.15) is 0 Å². The van der Waals surface area contributed by atoms with Crippen LogP contribution in [0.2, 0.25) is 0 Å². The van der Waals surface area contributed by atoms with E-state index >= 15 is 0 Å². The zero-order valence-corrected chi connectivity index (χ0v) is 17.2. The van der Waals surface area contributed by atoms with Gasteiger partial charge in [0.05, 0.1) is 15.1 Å². The summed E-state index contributed by atoms with van der Waals surface area (Å²) in [5.74, 6) is -0.124. The first-order chi connectivity index (χ1) is 12.3. The highest BCUT2D eigenvalue weighted by Crippen LogP contribution is 2.31. The Bertz CT molecular complexity index is 1020. The summed E-state index contributed by atoms with van der Waals surface area (Å²) in [6.45, 7) is 4.29. The number of sulfone groups is 1. The lowest BCUT2D eigenvalue weighted by molar-refractivity contribution is -0.121. The van der Waals surface area contributed by atoms with Crippen LogP contribution in [0.15, 0.2) is 40.6 Å². The van der Waals surface area contributed by atoms with Gasteiger partial charge in [-0.05, 0) is 36.1 Å². The van der Waals surface area contributed by atoms with Crippen molar-refractivity contribution in [1.29, 1.82) is 0 Å². The predicted octanol–water partition coefficient (Wildman–Crippen LogP) is 3.99. The van der Waals surface area contributed by atoms with Crippen LogP contribution in [0, 0.1) is 5.92 Å². The first kappa shape index (κ1) is 19.0. The van der Waals surface area contributed by atoms with Gasteiger partial charge in [-0.15, -0.1) is 11.3 Å². The number of carbonyl (C=O) groups is 1. The monoisotopic (exact) mass is 408 g/mol. The fourth-order valence-corrected chi connectivity index (χ4v) is 4.98. The molecule has 0 aliphatic rings. The highest BCUT2D eigenvalue weighted by atomic mass is 32.2. The molecule has 0 atom stereocenters. The highest BCUT2D eigenvalue weighted by molar-refractivity contribution is 7.90. The van der Waals surface area contributed by atoms with E-state index in [-0.39, 0.29) is 16.7 Å². The van der Waals surface area contributed by atoms with Crippen molar-refractivity contribution in [3.8, 4) is 0 Å². The number of carbonyl (C=O) groups excluding carboxylic acids is 1. The van der Waals surface area contributed by atoms with E-state index in [1.165, 1.54) is 22.5 Å². The van der Waals surface area contributed by atoms with Crippen molar-refractivity contribution >= 4 is 53.8 Å². The van der Waals surface area contributed by atoms with E-state index in [0.717, 1.165) is 11.1 Å². The van der Waals surface area contributed by atoms with Gasteiger partial charge in [0.25, 0.3) is 0 Å². The minimum absolute atomic E-state index is 0.0175. The fourth-order valence-electron chi connectivity index (χ4n) is 2.53. The molecule has 1 amide bonds. The molecule has 0 bridgehead atoms. The number of nitrogens with zero attached hydrogens (tertiary/aromatic N) is 2. The van der Waals surface area contributed by atoms with E-state index < -0.39 is 9.84 Å². The van der Waals surface area contributed by atoms with Gasteiger partial charge in [-0.3, -0.25) is 9.69 Å². The van der Waals surface area contributed by atoms with Crippen LogP contribution in [0.1, 0.15) is 18.7 Å². The first-order valence-corrected chi connectivity index (χ1v) is 11.8. The average molecular weight is 409 g/mol. The van der Waals surface area contributed by atoms with Gasteiger partial charge in [0.2, 0.25) is 5.91 Å². The molecule has 3 aromatic rings. The molecule has 138 valence electrons. The molecule has 8 heteroatoms. The number of amides is 1. The summed E-state index contributed by atoms with van der Waals surface area (Å²) in [6.07, 6.45) is 1.95. The quantitative estimate of drug-likeness (QED) is 0.618. The predicted molar refractivity (Wildman–Crippen MR) is 108 cm³/mol. The maximum Gasteiger partial charge on any atom is 0.231 e. The van der Waals surface area contributed by atoms with Crippen LogP contribution in [0.25, 0.3) is 10.2 Å². The minimum atomic E-state index is -3.28. The molecule has 0 unspecified atom stereocenters. The summed E-state index contributed by atoms with van der Waals surface area (Å²) in [7, 11) is -3.28. The van der Waals surface area contributed by atoms with Gasteiger partial charge in [0.1, 0.15) is 0 Å². The first-order valence-electron chi connectivity index (χ1n) is 8.20. The maximum atomic E-state index is 12.7. The Hall–Kier alpha value is -1.77. The van der Waals surface area contributed by atoms with Crippen LogP contribution in [0.4, 0.5) is 5.13 Å². The largest absolute Gasteiger partial charge is 0.288 e. The van der Waals surface area contributed by atoms with Crippen molar-refractivity contribution < 1.29 is 13.2 Å². The minimum Gasteiger partial charge on any atom is -0.288 e. The zero-order chi connectivity index (χ0) is 18.9. The number of thiazole rings is 1. The maximum absolute atomic E-state index is 12.7. The summed E-state index contributed by atoms with van der Waals surface area (Å²) < 4.78 is 24.3. The molecule has 0 fully saturated rings. The second kappa shape index (κ2) is 7.46. The van der Waals surface area contributed by atoms with E-state index in [0.29, 0.717) is 17.2 Å². The van der Waals surface area contributed by atoms with Crippen molar-refractivity contribution in [3.63, 3.8) is 0 Å². The van der Waals surface area contributed by atoms with E-state index in [1.807, 2.05) is 25.3 Å². The van der Waals surface area contributed by atoms with Gasteiger partial charge in [0, 0.05) is 23.6 Å². The second-order valence-electron chi connectivity index (χ2n) is 6.37. The molecule has 0 aliphatic heterocycles. The van der Waals surface area contributed by atoms with Gasteiger partial charge in [0.15, 0.2) is 15.0 Å². The smallest absolute Gasteiger partial charge is 0.231 e. The van der Waals surface area contributed by atoms with E-state index in [9.17, 15) is 13.2 Å². The van der Waals surface area contributed by atoms with Crippen molar-refractivity contribution in [1.82, 2.24) is 4.98 Å². The molecule has 5 nitrogen and oxygen atoms in total. The molecule has 0 aliphatic carbocycles. The summed E-state index contributed by atoms with van der Waals surface area (Å²) in [6, 6.07) is 8.94. The van der Waals surface area contributed by atoms with Crippen LogP contribution < -0.4 is 4.90 Å². The number of thiophene rings is 1. The molecule has 0 N–H and O–H groups in total. The third-order valence-corrected chi connectivity index (χ3v) is 7.02. The summed E-state index contributed by atoms with van der Waals surface area (Å²) >= 11 is 3.02. The SMILES string of the molecule is CC(C)C(=O)N(CCc1cccs1)c1nc2ccc(S(C)(=O)=O)cc2s1.